The van der Waals surface area contributed by atoms with Gasteiger partial charge in [-0.2, -0.15) is 0 Å². The second kappa shape index (κ2) is 12.2. The molecule has 2 rings (SSSR count). The quantitative estimate of drug-likeness (QED) is 0.392. The van der Waals surface area contributed by atoms with Crippen LogP contribution in [0.25, 0.3) is 0 Å². The molecule has 2 unspecified atom stereocenters. The molecule has 0 spiro atoms. The Balaban J connectivity index is 2.52. The monoisotopic (exact) mass is 497 g/mol. The molecule has 0 aliphatic carbocycles. The zero-order valence-corrected chi connectivity index (χ0v) is 21.4. The Morgan fingerprint density at radius 3 is 2.31 bits per heavy atom. The van der Waals surface area contributed by atoms with Crippen LogP contribution in [0.2, 0.25) is 0 Å². The average molecular weight is 498 g/mol. The third-order valence-corrected chi connectivity index (χ3v) is 5.31. The van der Waals surface area contributed by atoms with Crippen molar-refractivity contribution in [3.8, 4) is 5.75 Å². The van der Waals surface area contributed by atoms with Crippen LogP contribution in [0.5, 0.6) is 5.75 Å². The maximum atomic E-state index is 13.6. The Bertz CT molecular complexity index is 1110. The fraction of sp³-hybridized carbons (Fsp3) is 0.370. The van der Waals surface area contributed by atoms with E-state index in [2.05, 4.69) is 17.2 Å². The summed E-state index contributed by atoms with van der Waals surface area (Å²) < 4.78 is 5.21. The molecule has 0 aromatic heterocycles. The standard InChI is InChI=1S/C27H35N3O6/c1-7-15-30(25(34)21(16-31)29-26(35)36-27(4,5)6)22(19-13-10-12-18(3)23(19)32)24(33)28-20-14-9-8-11-17(20)2/h7-14,21-22,31-32H,1,15-16H2,2-6H3,(H,28,33)(H,29,35). The van der Waals surface area contributed by atoms with Crippen molar-refractivity contribution in [2.75, 3.05) is 18.5 Å². The van der Waals surface area contributed by atoms with E-state index in [9.17, 15) is 24.6 Å². The smallest absolute Gasteiger partial charge is 0.408 e. The molecule has 0 radical (unpaired) electrons. The highest BCUT2D eigenvalue weighted by molar-refractivity contribution is 5.99. The zero-order valence-electron chi connectivity index (χ0n) is 21.4. The van der Waals surface area contributed by atoms with Gasteiger partial charge in [-0.15, -0.1) is 6.58 Å². The highest BCUT2D eigenvalue weighted by atomic mass is 16.6. The van der Waals surface area contributed by atoms with Crippen LogP contribution in [0.1, 0.15) is 43.5 Å². The Morgan fingerprint density at radius 1 is 1.08 bits per heavy atom. The number of alkyl carbamates (subject to hydrolysis) is 1. The Labute approximate surface area is 211 Å². The van der Waals surface area contributed by atoms with Crippen molar-refractivity contribution in [3.05, 3.63) is 71.8 Å². The average Bonchev–Trinajstić information content (AvgIpc) is 2.79. The van der Waals surface area contributed by atoms with Crippen molar-refractivity contribution in [2.45, 2.75) is 52.3 Å². The van der Waals surface area contributed by atoms with Gasteiger partial charge in [0.05, 0.1) is 6.61 Å². The second-order valence-electron chi connectivity index (χ2n) is 9.38. The maximum absolute atomic E-state index is 13.6. The van der Waals surface area contributed by atoms with E-state index < -0.39 is 42.2 Å². The van der Waals surface area contributed by atoms with Crippen molar-refractivity contribution in [3.63, 3.8) is 0 Å². The van der Waals surface area contributed by atoms with E-state index in [0.717, 1.165) is 10.5 Å². The molecule has 0 aliphatic rings. The van der Waals surface area contributed by atoms with Gasteiger partial charge in [-0.25, -0.2) is 4.79 Å². The summed E-state index contributed by atoms with van der Waals surface area (Å²) in [7, 11) is 0. The molecule has 2 atom stereocenters. The fourth-order valence-electron chi connectivity index (χ4n) is 3.56. The number of benzene rings is 2. The first-order chi connectivity index (χ1) is 16.9. The number of aryl methyl sites for hydroxylation is 2. The first-order valence-electron chi connectivity index (χ1n) is 11.6. The van der Waals surface area contributed by atoms with Gasteiger partial charge in [-0.1, -0.05) is 42.5 Å². The molecule has 9 nitrogen and oxygen atoms in total. The number of phenols is 1. The number of rotatable bonds is 9. The summed E-state index contributed by atoms with van der Waals surface area (Å²) in [5, 5.41) is 25.9. The van der Waals surface area contributed by atoms with Gasteiger partial charge in [0.1, 0.15) is 23.4 Å². The SMILES string of the molecule is C=CCN(C(=O)C(CO)NC(=O)OC(C)(C)C)C(C(=O)Nc1ccccc1C)c1cccc(C)c1O. The number of aromatic hydroxyl groups is 1. The minimum absolute atomic E-state index is 0.107. The highest BCUT2D eigenvalue weighted by Crippen LogP contribution is 2.33. The van der Waals surface area contributed by atoms with Crippen LogP contribution in [-0.2, 0) is 14.3 Å². The molecular formula is C27H35N3O6. The number of aliphatic hydroxyl groups excluding tert-OH is 1. The zero-order chi connectivity index (χ0) is 27.0. The predicted octanol–water partition coefficient (Wildman–Crippen LogP) is 3.59. The van der Waals surface area contributed by atoms with Gasteiger partial charge < -0.3 is 30.5 Å². The normalized spacial score (nSPS) is 12.7. The minimum Gasteiger partial charge on any atom is -0.507 e. The lowest BCUT2D eigenvalue weighted by Gasteiger charge is -2.33. The number of carbonyl (C=O) groups excluding carboxylic acids is 3. The van der Waals surface area contributed by atoms with Crippen LogP contribution >= 0.6 is 0 Å². The fourth-order valence-corrected chi connectivity index (χ4v) is 3.56. The Hall–Kier alpha value is -3.85. The van der Waals surface area contributed by atoms with Gasteiger partial charge >= 0.3 is 6.09 Å². The molecule has 0 saturated heterocycles. The molecular weight excluding hydrogens is 462 g/mol. The van der Waals surface area contributed by atoms with Gasteiger partial charge in [-0.3, -0.25) is 9.59 Å². The Kier molecular flexibility index (Phi) is 9.63. The van der Waals surface area contributed by atoms with Crippen molar-refractivity contribution in [1.82, 2.24) is 10.2 Å². The molecule has 0 fully saturated rings. The van der Waals surface area contributed by atoms with Crippen LogP contribution in [0, 0.1) is 13.8 Å². The molecule has 3 amide bonds. The van der Waals surface area contributed by atoms with Crippen LogP contribution in [-0.4, -0.2) is 57.8 Å². The van der Waals surface area contributed by atoms with E-state index in [1.54, 1.807) is 58.0 Å². The summed E-state index contributed by atoms with van der Waals surface area (Å²) in [6, 6.07) is 9.33. The molecule has 2 aromatic carbocycles. The summed E-state index contributed by atoms with van der Waals surface area (Å²) >= 11 is 0. The van der Waals surface area contributed by atoms with Crippen molar-refractivity contribution >= 4 is 23.6 Å². The lowest BCUT2D eigenvalue weighted by molar-refractivity contribution is -0.141. The summed E-state index contributed by atoms with van der Waals surface area (Å²) in [5.74, 6) is -1.49. The number of nitrogens with one attached hydrogen (secondary N) is 2. The number of amides is 3. The summed E-state index contributed by atoms with van der Waals surface area (Å²) in [4.78, 5) is 40.7. The number of hydrogen-bond acceptors (Lipinski definition) is 6. The van der Waals surface area contributed by atoms with E-state index in [1.165, 1.54) is 6.08 Å². The van der Waals surface area contributed by atoms with Crippen molar-refractivity contribution in [1.29, 1.82) is 0 Å². The number of anilines is 1. The first-order valence-corrected chi connectivity index (χ1v) is 11.6. The maximum Gasteiger partial charge on any atom is 0.408 e. The van der Waals surface area contributed by atoms with E-state index in [4.69, 9.17) is 4.74 Å². The molecule has 194 valence electrons. The van der Waals surface area contributed by atoms with Gasteiger partial charge in [0.15, 0.2) is 0 Å². The van der Waals surface area contributed by atoms with Gasteiger partial charge in [0.25, 0.3) is 5.91 Å². The van der Waals surface area contributed by atoms with Crippen LogP contribution < -0.4 is 10.6 Å². The highest BCUT2D eigenvalue weighted by Gasteiger charge is 2.37. The molecule has 0 aliphatic heterocycles. The van der Waals surface area contributed by atoms with Gasteiger partial charge in [-0.05, 0) is 51.8 Å². The van der Waals surface area contributed by atoms with Crippen LogP contribution in [0.3, 0.4) is 0 Å². The molecule has 2 aromatic rings. The Morgan fingerprint density at radius 2 is 1.72 bits per heavy atom. The van der Waals surface area contributed by atoms with Crippen molar-refractivity contribution in [2.24, 2.45) is 0 Å². The predicted molar refractivity (Wildman–Crippen MR) is 138 cm³/mol. The lowest BCUT2D eigenvalue weighted by Crippen LogP contribution is -2.53. The molecule has 4 N–H and O–H groups in total. The summed E-state index contributed by atoms with van der Waals surface area (Å²) in [5.41, 5.74) is 1.22. The molecule has 0 saturated carbocycles. The van der Waals surface area contributed by atoms with Crippen molar-refractivity contribution < 1.29 is 29.3 Å². The number of hydrogen-bond donors (Lipinski definition) is 4. The van der Waals surface area contributed by atoms with E-state index in [0.29, 0.717) is 11.3 Å². The van der Waals surface area contributed by atoms with E-state index >= 15 is 0 Å². The number of carbonyl (C=O) groups is 3. The first kappa shape index (κ1) is 28.4. The topological polar surface area (TPSA) is 128 Å². The summed E-state index contributed by atoms with van der Waals surface area (Å²) in [6.07, 6.45) is 0.522. The molecule has 36 heavy (non-hydrogen) atoms. The minimum atomic E-state index is -1.40. The van der Waals surface area contributed by atoms with Crippen LogP contribution in [0.15, 0.2) is 55.1 Å². The summed E-state index contributed by atoms with van der Waals surface area (Å²) in [6.45, 7) is 11.3. The molecule has 9 heteroatoms. The largest absolute Gasteiger partial charge is 0.507 e. The van der Waals surface area contributed by atoms with E-state index in [-0.39, 0.29) is 17.9 Å². The van der Waals surface area contributed by atoms with Gasteiger partial charge in [0, 0.05) is 17.8 Å². The lowest BCUT2D eigenvalue weighted by atomic mass is 9.99. The second-order valence-corrected chi connectivity index (χ2v) is 9.38. The number of ether oxygens (including phenoxy) is 1. The number of nitrogens with zero attached hydrogens (tertiary/aromatic N) is 1. The third-order valence-electron chi connectivity index (χ3n) is 5.31. The van der Waals surface area contributed by atoms with Crippen LogP contribution in [0.4, 0.5) is 10.5 Å². The third kappa shape index (κ3) is 7.32. The molecule has 0 bridgehead atoms. The number of phenolic OH excluding ortho intramolecular Hbond substituents is 1. The molecule has 0 heterocycles. The van der Waals surface area contributed by atoms with Gasteiger partial charge in [0.2, 0.25) is 5.91 Å². The number of aliphatic hydroxyl groups is 1. The van der Waals surface area contributed by atoms with E-state index in [1.807, 2.05) is 19.1 Å². The number of para-hydroxylation sites is 2.